The third kappa shape index (κ3) is 2.49. The van der Waals surface area contributed by atoms with E-state index in [4.69, 9.17) is 4.99 Å². The van der Waals surface area contributed by atoms with Gasteiger partial charge in [0, 0.05) is 29.7 Å². The summed E-state index contributed by atoms with van der Waals surface area (Å²) in [5, 5.41) is 10.2. The van der Waals surface area contributed by atoms with Gasteiger partial charge in [-0.3, -0.25) is 4.99 Å². The molecule has 4 aromatic rings. The highest BCUT2D eigenvalue weighted by Crippen LogP contribution is 2.61. The fraction of sp³-hybridized carbons (Fsp3) is 0.0645. The second-order valence-electron chi connectivity index (χ2n) is 9.04. The van der Waals surface area contributed by atoms with Crippen molar-refractivity contribution in [2.45, 2.75) is 11.5 Å². The Hall–Kier alpha value is -4.37. The average Bonchev–Trinajstić information content (AvgIpc) is 3.42. The van der Waals surface area contributed by atoms with Crippen molar-refractivity contribution in [1.82, 2.24) is 4.90 Å². The van der Waals surface area contributed by atoms with Crippen molar-refractivity contribution in [3.8, 4) is 16.9 Å². The molecule has 7 rings (SSSR count). The van der Waals surface area contributed by atoms with Crippen LogP contribution in [-0.2, 0) is 5.41 Å². The molecule has 3 heteroatoms. The maximum absolute atomic E-state index is 10.2. The van der Waals surface area contributed by atoms with Gasteiger partial charge in [-0.15, -0.1) is 0 Å². The summed E-state index contributed by atoms with van der Waals surface area (Å²) >= 11 is 0. The van der Waals surface area contributed by atoms with Crippen molar-refractivity contribution in [3.63, 3.8) is 0 Å². The molecule has 0 aromatic heterocycles. The maximum Gasteiger partial charge on any atom is 0.124 e. The first-order chi connectivity index (χ1) is 16.8. The maximum atomic E-state index is 10.2. The molecule has 0 radical (unpaired) electrons. The van der Waals surface area contributed by atoms with Gasteiger partial charge in [0.05, 0.1) is 17.1 Å². The summed E-state index contributed by atoms with van der Waals surface area (Å²) < 4.78 is 0. The van der Waals surface area contributed by atoms with E-state index in [1.165, 1.54) is 27.8 Å². The third-order valence-electron chi connectivity index (χ3n) is 7.38. The van der Waals surface area contributed by atoms with Crippen LogP contribution < -0.4 is 0 Å². The van der Waals surface area contributed by atoms with Gasteiger partial charge in [-0.05, 0) is 52.1 Å². The standard InChI is InChI=1S/C31H22N2O/c34-29-15-6-1-8-21(29)20-32-28-14-7-11-25-24(28)16-18-33-19-17-31(30(25)33)26-12-4-2-9-22(26)23-10-3-5-13-27(23)31/h1-20,30,34H. The van der Waals surface area contributed by atoms with Crippen molar-refractivity contribution in [1.29, 1.82) is 0 Å². The molecule has 0 saturated carbocycles. The fourth-order valence-corrected chi connectivity index (χ4v) is 5.93. The highest BCUT2D eigenvalue weighted by atomic mass is 16.3. The number of rotatable bonds is 2. The van der Waals surface area contributed by atoms with Gasteiger partial charge in [-0.25, -0.2) is 0 Å². The van der Waals surface area contributed by atoms with E-state index >= 15 is 0 Å². The van der Waals surface area contributed by atoms with Crippen LogP contribution >= 0.6 is 0 Å². The van der Waals surface area contributed by atoms with E-state index in [1.807, 2.05) is 24.3 Å². The van der Waals surface area contributed by atoms with E-state index in [0.717, 1.165) is 11.3 Å². The van der Waals surface area contributed by atoms with Crippen LogP contribution in [0.2, 0.25) is 0 Å². The van der Waals surface area contributed by atoms with Gasteiger partial charge in [0.2, 0.25) is 0 Å². The molecule has 2 aliphatic heterocycles. The largest absolute Gasteiger partial charge is 0.507 e. The molecule has 1 unspecified atom stereocenters. The zero-order chi connectivity index (χ0) is 22.7. The van der Waals surface area contributed by atoms with Gasteiger partial charge in [-0.2, -0.15) is 0 Å². The monoisotopic (exact) mass is 438 g/mol. The van der Waals surface area contributed by atoms with Gasteiger partial charge in [0.1, 0.15) is 5.75 Å². The Kier molecular flexibility index (Phi) is 3.97. The first kappa shape index (κ1) is 19.1. The Labute approximate surface area is 198 Å². The third-order valence-corrected chi connectivity index (χ3v) is 7.38. The quantitative estimate of drug-likeness (QED) is 0.343. The lowest BCUT2D eigenvalue weighted by molar-refractivity contribution is 0.328. The Morgan fingerprint density at radius 1 is 0.765 bits per heavy atom. The van der Waals surface area contributed by atoms with Gasteiger partial charge >= 0.3 is 0 Å². The Balaban J connectivity index is 1.41. The summed E-state index contributed by atoms with van der Waals surface area (Å²) in [6, 6.07) is 31.3. The number of aliphatic imine (C=N–C) groups is 1. The molecule has 4 aromatic carbocycles. The minimum atomic E-state index is -0.257. The number of para-hydroxylation sites is 1. The van der Waals surface area contributed by atoms with Crippen molar-refractivity contribution >= 4 is 18.0 Å². The first-order valence-corrected chi connectivity index (χ1v) is 11.6. The lowest BCUT2D eigenvalue weighted by atomic mass is 9.69. The molecule has 162 valence electrons. The second kappa shape index (κ2) is 7.06. The number of hydrogen-bond acceptors (Lipinski definition) is 3. The number of fused-ring (bicyclic) bond motifs is 9. The summed E-state index contributed by atoms with van der Waals surface area (Å²) in [6.45, 7) is 0. The number of phenols is 1. The Morgan fingerprint density at radius 3 is 2.24 bits per heavy atom. The van der Waals surface area contributed by atoms with E-state index < -0.39 is 0 Å². The van der Waals surface area contributed by atoms with Crippen molar-refractivity contribution in [2.24, 2.45) is 4.99 Å². The van der Waals surface area contributed by atoms with Crippen molar-refractivity contribution < 1.29 is 5.11 Å². The summed E-state index contributed by atoms with van der Waals surface area (Å²) in [4.78, 5) is 7.12. The number of benzene rings is 4. The molecule has 3 nitrogen and oxygen atoms in total. The summed E-state index contributed by atoms with van der Waals surface area (Å²) in [7, 11) is 0. The summed E-state index contributed by atoms with van der Waals surface area (Å²) in [5.74, 6) is 0.232. The minimum absolute atomic E-state index is 0.109. The van der Waals surface area contributed by atoms with Gasteiger partial charge in [-0.1, -0.05) is 78.9 Å². The smallest absolute Gasteiger partial charge is 0.124 e. The highest BCUT2D eigenvalue weighted by molar-refractivity contribution is 5.88. The van der Waals surface area contributed by atoms with E-state index in [0.29, 0.717) is 5.56 Å². The topological polar surface area (TPSA) is 35.8 Å². The zero-order valence-corrected chi connectivity index (χ0v) is 18.5. The van der Waals surface area contributed by atoms with Gasteiger partial charge in [0.15, 0.2) is 0 Å². The summed E-state index contributed by atoms with van der Waals surface area (Å²) in [6.07, 6.45) is 10.7. The average molecular weight is 439 g/mol. The van der Waals surface area contributed by atoms with Crippen LogP contribution in [0.3, 0.4) is 0 Å². The summed E-state index contributed by atoms with van der Waals surface area (Å²) in [5.41, 5.74) is 9.06. The van der Waals surface area contributed by atoms with E-state index in [9.17, 15) is 5.11 Å². The number of aromatic hydroxyl groups is 1. The molecule has 1 atom stereocenters. The second-order valence-corrected chi connectivity index (χ2v) is 9.04. The van der Waals surface area contributed by atoms with E-state index in [1.54, 1.807) is 12.3 Å². The van der Waals surface area contributed by atoms with E-state index in [2.05, 4.69) is 90.1 Å². The number of phenolic OH excluding ortho intramolecular Hbond substituents is 1. The predicted molar refractivity (Wildman–Crippen MR) is 137 cm³/mol. The van der Waals surface area contributed by atoms with Crippen LogP contribution in [0, 0.1) is 0 Å². The Bertz CT molecular complexity index is 1500. The minimum Gasteiger partial charge on any atom is -0.507 e. The fourth-order valence-electron chi connectivity index (χ4n) is 5.93. The Morgan fingerprint density at radius 2 is 1.47 bits per heavy atom. The number of nitrogens with zero attached hydrogens (tertiary/aromatic N) is 2. The van der Waals surface area contributed by atoms with Crippen LogP contribution in [0.15, 0.2) is 114 Å². The number of hydrogen-bond donors (Lipinski definition) is 1. The predicted octanol–water partition coefficient (Wildman–Crippen LogP) is 6.96. The molecule has 1 spiro atoms. The molecule has 3 aliphatic rings. The van der Waals surface area contributed by atoms with Gasteiger partial charge in [0.25, 0.3) is 0 Å². The highest BCUT2D eigenvalue weighted by Gasteiger charge is 2.53. The molecule has 0 bridgehead atoms. The van der Waals surface area contributed by atoms with Crippen molar-refractivity contribution in [3.05, 3.63) is 137 Å². The lowest BCUT2D eigenvalue weighted by Gasteiger charge is -2.40. The van der Waals surface area contributed by atoms with E-state index in [-0.39, 0.29) is 17.2 Å². The normalized spacial score (nSPS) is 18.2. The van der Waals surface area contributed by atoms with Crippen LogP contribution in [0.1, 0.15) is 33.9 Å². The van der Waals surface area contributed by atoms with Crippen LogP contribution in [0.5, 0.6) is 5.75 Å². The zero-order valence-electron chi connectivity index (χ0n) is 18.5. The molecule has 34 heavy (non-hydrogen) atoms. The molecule has 1 aliphatic carbocycles. The van der Waals surface area contributed by atoms with Crippen LogP contribution in [0.4, 0.5) is 5.69 Å². The molecule has 0 fully saturated rings. The molecular weight excluding hydrogens is 416 g/mol. The van der Waals surface area contributed by atoms with Crippen LogP contribution in [-0.4, -0.2) is 16.2 Å². The SMILES string of the molecule is Oc1ccccc1C=Nc1cccc2c1C=CN1C=CC3(c4ccccc4-c4ccccc43)C21. The molecular formula is C31H22N2O. The molecule has 1 N–H and O–H groups in total. The van der Waals surface area contributed by atoms with Gasteiger partial charge < -0.3 is 10.0 Å². The molecule has 2 heterocycles. The van der Waals surface area contributed by atoms with Crippen molar-refractivity contribution in [2.75, 3.05) is 0 Å². The molecule has 0 amide bonds. The molecule has 0 saturated heterocycles. The van der Waals surface area contributed by atoms with Crippen LogP contribution in [0.25, 0.3) is 17.2 Å². The first-order valence-electron chi connectivity index (χ1n) is 11.6. The lowest BCUT2D eigenvalue weighted by Crippen LogP contribution is -2.35.